The van der Waals surface area contributed by atoms with Crippen LogP contribution >= 0.6 is 0 Å². The molecule has 2 unspecified atom stereocenters. The van der Waals surface area contributed by atoms with Gasteiger partial charge in [-0.15, -0.1) is 0 Å². The van der Waals surface area contributed by atoms with Crippen molar-refractivity contribution in [2.75, 3.05) is 26.2 Å². The van der Waals surface area contributed by atoms with E-state index in [9.17, 15) is 0 Å². The van der Waals surface area contributed by atoms with Crippen molar-refractivity contribution in [1.82, 2.24) is 10.2 Å². The van der Waals surface area contributed by atoms with Crippen molar-refractivity contribution in [3.05, 3.63) is 0 Å². The summed E-state index contributed by atoms with van der Waals surface area (Å²) in [5.74, 6) is 0. The first-order valence-corrected chi connectivity index (χ1v) is 9.20. The van der Waals surface area contributed by atoms with E-state index in [-0.39, 0.29) is 0 Å². The maximum atomic E-state index is 3.64. The minimum absolute atomic E-state index is 0.618. The molecule has 0 aromatic carbocycles. The summed E-state index contributed by atoms with van der Waals surface area (Å²) in [6, 6.07) is 0.802. The first-order chi connectivity index (χ1) is 9.76. The van der Waals surface area contributed by atoms with Crippen LogP contribution in [0.3, 0.4) is 0 Å². The molecule has 0 radical (unpaired) electrons. The van der Waals surface area contributed by atoms with Crippen LogP contribution in [0.2, 0.25) is 0 Å². The van der Waals surface area contributed by atoms with Gasteiger partial charge in [0, 0.05) is 19.1 Å². The highest BCUT2D eigenvalue weighted by Crippen LogP contribution is 2.36. The van der Waals surface area contributed by atoms with Crippen LogP contribution in [0.25, 0.3) is 0 Å². The molecule has 20 heavy (non-hydrogen) atoms. The Morgan fingerprint density at radius 1 is 1.10 bits per heavy atom. The highest BCUT2D eigenvalue weighted by molar-refractivity contribution is 4.92. The number of hydrogen-bond acceptors (Lipinski definition) is 2. The largest absolute Gasteiger partial charge is 0.316 e. The lowest BCUT2D eigenvalue weighted by atomic mass is 9.74. The van der Waals surface area contributed by atoms with E-state index in [1.54, 1.807) is 0 Å². The first-order valence-electron chi connectivity index (χ1n) is 9.20. The van der Waals surface area contributed by atoms with Gasteiger partial charge in [-0.05, 0) is 57.5 Å². The molecule has 0 amide bonds. The molecule has 2 heteroatoms. The average Bonchev–Trinajstić information content (AvgIpc) is 2.48. The minimum atomic E-state index is 0.618. The highest BCUT2D eigenvalue weighted by atomic mass is 15.2. The Morgan fingerprint density at radius 3 is 2.65 bits per heavy atom. The molecule has 0 bridgehead atoms. The van der Waals surface area contributed by atoms with E-state index in [0.29, 0.717) is 5.41 Å². The number of unbranched alkanes of at least 4 members (excludes halogenated alkanes) is 4. The van der Waals surface area contributed by atoms with Gasteiger partial charge in [0.15, 0.2) is 0 Å². The summed E-state index contributed by atoms with van der Waals surface area (Å²) < 4.78 is 0. The topological polar surface area (TPSA) is 15.3 Å². The summed E-state index contributed by atoms with van der Waals surface area (Å²) in [6.45, 7) is 9.98. The maximum absolute atomic E-state index is 3.64. The molecular formula is C18H36N2. The summed E-state index contributed by atoms with van der Waals surface area (Å²) in [4.78, 5) is 2.80. The van der Waals surface area contributed by atoms with Gasteiger partial charge >= 0.3 is 0 Å². The molecule has 2 aliphatic rings. The molecule has 1 N–H and O–H groups in total. The molecule has 2 nitrogen and oxygen atoms in total. The molecule has 2 fully saturated rings. The van der Waals surface area contributed by atoms with Crippen LogP contribution in [0, 0.1) is 5.41 Å². The van der Waals surface area contributed by atoms with Crippen LogP contribution in [-0.4, -0.2) is 37.1 Å². The van der Waals surface area contributed by atoms with Crippen molar-refractivity contribution in [3.63, 3.8) is 0 Å². The maximum Gasteiger partial charge on any atom is 0.00671 e. The van der Waals surface area contributed by atoms with Gasteiger partial charge < -0.3 is 10.2 Å². The van der Waals surface area contributed by atoms with Crippen molar-refractivity contribution in [2.45, 2.75) is 84.1 Å². The van der Waals surface area contributed by atoms with Crippen LogP contribution in [-0.2, 0) is 0 Å². The summed E-state index contributed by atoms with van der Waals surface area (Å²) >= 11 is 0. The normalized spacial score (nSPS) is 29.7. The number of piperidine rings is 2. The van der Waals surface area contributed by atoms with Crippen molar-refractivity contribution in [2.24, 2.45) is 5.41 Å². The lowest BCUT2D eigenvalue weighted by Crippen LogP contribution is -2.53. The Balaban J connectivity index is 1.70. The van der Waals surface area contributed by atoms with Crippen LogP contribution in [0.1, 0.15) is 78.1 Å². The standard InChI is InChI=1S/C18H36N2/c1-3-4-5-6-7-10-17(2)20-14-9-12-18(16-20)11-8-13-19-15-18/h17,19H,3-16H2,1-2H3. The molecule has 1 spiro atoms. The predicted molar refractivity (Wildman–Crippen MR) is 88.2 cm³/mol. The molecule has 2 aliphatic heterocycles. The number of rotatable bonds is 7. The molecular weight excluding hydrogens is 244 g/mol. The molecule has 2 heterocycles. The lowest BCUT2D eigenvalue weighted by Gasteiger charge is -2.47. The number of likely N-dealkylation sites (tertiary alicyclic amines) is 1. The van der Waals surface area contributed by atoms with Crippen LogP contribution in [0.15, 0.2) is 0 Å². The Morgan fingerprint density at radius 2 is 1.90 bits per heavy atom. The summed E-state index contributed by atoms with van der Waals surface area (Å²) in [6.07, 6.45) is 14.2. The molecule has 118 valence electrons. The zero-order valence-electron chi connectivity index (χ0n) is 13.9. The van der Waals surface area contributed by atoms with Gasteiger partial charge in [0.25, 0.3) is 0 Å². The van der Waals surface area contributed by atoms with Crippen molar-refractivity contribution >= 4 is 0 Å². The van der Waals surface area contributed by atoms with Gasteiger partial charge in [-0.3, -0.25) is 0 Å². The summed E-state index contributed by atoms with van der Waals surface area (Å²) in [7, 11) is 0. The lowest BCUT2D eigenvalue weighted by molar-refractivity contribution is 0.0391. The number of hydrogen-bond donors (Lipinski definition) is 1. The Kier molecular flexibility index (Phi) is 6.83. The number of nitrogens with zero attached hydrogens (tertiary/aromatic N) is 1. The third-order valence-corrected chi connectivity index (χ3v) is 5.60. The van der Waals surface area contributed by atoms with E-state index in [2.05, 4.69) is 24.1 Å². The fourth-order valence-corrected chi connectivity index (χ4v) is 4.23. The molecule has 2 rings (SSSR count). The summed E-state index contributed by atoms with van der Waals surface area (Å²) in [5.41, 5.74) is 0.618. The summed E-state index contributed by atoms with van der Waals surface area (Å²) in [5, 5.41) is 3.64. The second kappa shape index (κ2) is 8.38. The van der Waals surface area contributed by atoms with Gasteiger partial charge in [-0.1, -0.05) is 39.0 Å². The van der Waals surface area contributed by atoms with Crippen LogP contribution in [0.5, 0.6) is 0 Å². The monoisotopic (exact) mass is 280 g/mol. The molecule has 0 aliphatic carbocycles. The SMILES string of the molecule is CCCCCCCC(C)N1CCCC2(CCCNC2)C1. The van der Waals surface area contributed by atoms with Gasteiger partial charge in [0.05, 0.1) is 0 Å². The predicted octanol–water partition coefficient (Wildman–Crippen LogP) is 4.20. The van der Waals surface area contributed by atoms with Gasteiger partial charge in [-0.2, -0.15) is 0 Å². The minimum Gasteiger partial charge on any atom is -0.316 e. The fourth-order valence-electron chi connectivity index (χ4n) is 4.23. The Labute approximate surface area is 126 Å². The van der Waals surface area contributed by atoms with Crippen molar-refractivity contribution in [3.8, 4) is 0 Å². The van der Waals surface area contributed by atoms with E-state index < -0.39 is 0 Å². The number of nitrogens with one attached hydrogen (secondary N) is 1. The Hall–Kier alpha value is -0.0800. The van der Waals surface area contributed by atoms with Crippen molar-refractivity contribution in [1.29, 1.82) is 0 Å². The molecule has 0 saturated carbocycles. The zero-order valence-corrected chi connectivity index (χ0v) is 13.9. The van der Waals surface area contributed by atoms with Gasteiger partial charge in [0.2, 0.25) is 0 Å². The second-order valence-corrected chi connectivity index (χ2v) is 7.41. The zero-order chi connectivity index (χ0) is 14.3. The van der Waals surface area contributed by atoms with E-state index in [4.69, 9.17) is 0 Å². The molecule has 0 aromatic rings. The van der Waals surface area contributed by atoms with Crippen LogP contribution < -0.4 is 5.32 Å². The second-order valence-electron chi connectivity index (χ2n) is 7.41. The van der Waals surface area contributed by atoms with Crippen LogP contribution in [0.4, 0.5) is 0 Å². The highest BCUT2D eigenvalue weighted by Gasteiger charge is 2.37. The van der Waals surface area contributed by atoms with E-state index >= 15 is 0 Å². The quantitative estimate of drug-likeness (QED) is 0.703. The third kappa shape index (κ3) is 4.73. The van der Waals surface area contributed by atoms with Gasteiger partial charge in [-0.25, -0.2) is 0 Å². The fraction of sp³-hybridized carbons (Fsp3) is 1.00. The molecule has 2 atom stereocenters. The van der Waals surface area contributed by atoms with Crippen molar-refractivity contribution < 1.29 is 0 Å². The first kappa shape index (κ1) is 16.3. The van der Waals surface area contributed by atoms with E-state index in [0.717, 1.165) is 6.04 Å². The molecule has 0 aromatic heterocycles. The average molecular weight is 280 g/mol. The smallest absolute Gasteiger partial charge is 0.00671 e. The Bertz CT molecular complexity index is 253. The van der Waals surface area contributed by atoms with E-state index in [1.807, 2.05) is 0 Å². The third-order valence-electron chi connectivity index (χ3n) is 5.60. The van der Waals surface area contributed by atoms with E-state index in [1.165, 1.54) is 90.4 Å². The molecule has 2 saturated heterocycles. The van der Waals surface area contributed by atoms with Gasteiger partial charge in [0.1, 0.15) is 0 Å².